The quantitative estimate of drug-likeness (QED) is 0.513. The normalized spacial score (nSPS) is 12.4. The molecule has 0 aliphatic heterocycles. The van der Waals surface area contributed by atoms with E-state index in [2.05, 4.69) is 36.5 Å². The van der Waals surface area contributed by atoms with Crippen LogP contribution in [0.2, 0.25) is 0 Å². The highest BCUT2D eigenvalue weighted by molar-refractivity contribution is 6.38. The summed E-state index contributed by atoms with van der Waals surface area (Å²) in [6.07, 6.45) is 1.18. The van der Waals surface area contributed by atoms with Crippen molar-refractivity contribution in [3.63, 3.8) is 0 Å². The summed E-state index contributed by atoms with van der Waals surface area (Å²) in [5, 5.41) is 15.8. The van der Waals surface area contributed by atoms with E-state index < -0.39 is 0 Å². The molecule has 0 saturated heterocycles. The Morgan fingerprint density at radius 2 is 1.62 bits per heavy atom. The molecule has 2 N–H and O–H groups in total. The standard InChI is InChI=1S/C19H21N3O2/c1-19(2,3)16-11-9-15(10-12-16)18(23)22-21-17(13-20-24)14-7-5-4-6-8-14/h4-13,24H,1-3H3,(H,22,23)/b20-13+,21-17-. The number of carbonyl (C=O) groups is 1. The van der Waals surface area contributed by atoms with E-state index >= 15 is 0 Å². The summed E-state index contributed by atoms with van der Waals surface area (Å²) >= 11 is 0. The molecule has 0 radical (unpaired) electrons. The molecule has 24 heavy (non-hydrogen) atoms. The van der Waals surface area contributed by atoms with Crippen LogP contribution in [0.25, 0.3) is 0 Å². The molecule has 2 aromatic carbocycles. The van der Waals surface area contributed by atoms with Gasteiger partial charge in [-0.15, -0.1) is 0 Å². The minimum atomic E-state index is -0.324. The van der Waals surface area contributed by atoms with Crippen LogP contribution in [0.15, 0.2) is 64.9 Å². The second-order valence-electron chi connectivity index (χ2n) is 6.38. The van der Waals surface area contributed by atoms with Crippen molar-refractivity contribution in [3.8, 4) is 0 Å². The zero-order valence-corrected chi connectivity index (χ0v) is 14.0. The molecule has 1 amide bonds. The van der Waals surface area contributed by atoms with Crippen molar-refractivity contribution in [1.82, 2.24) is 5.43 Å². The maximum atomic E-state index is 12.2. The van der Waals surface area contributed by atoms with Gasteiger partial charge in [-0.1, -0.05) is 68.4 Å². The molecule has 0 aliphatic rings. The van der Waals surface area contributed by atoms with Gasteiger partial charge in [0.15, 0.2) is 0 Å². The summed E-state index contributed by atoms with van der Waals surface area (Å²) in [5.74, 6) is -0.324. The second kappa shape index (κ2) is 7.55. The molecule has 2 aromatic rings. The third-order valence-electron chi connectivity index (χ3n) is 3.54. The first-order valence-corrected chi connectivity index (χ1v) is 7.63. The predicted molar refractivity (Wildman–Crippen MR) is 95.9 cm³/mol. The zero-order chi connectivity index (χ0) is 17.6. The third-order valence-corrected chi connectivity index (χ3v) is 3.54. The molecule has 5 nitrogen and oxygen atoms in total. The van der Waals surface area contributed by atoms with Crippen molar-refractivity contribution in [2.75, 3.05) is 0 Å². The van der Waals surface area contributed by atoms with Gasteiger partial charge in [-0.2, -0.15) is 5.10 Å². The summed E-state index contributed by atoms with van der Waals surface area (Å²) in [6, 6.07) is 16.6. The number of nitrogens with zero attached hydrogens (tertiary/aromatic N) is 2. The lowest BCUT2D eigenvalue weighted by atomic mass is 9.87. The fraction of sp³-hybridized carbons (Fsp3) is 0.211. The molecular weight excluding hydrogens is 302 g/mol. The van der Waals surface area contributed by atoms with Gasteiger partial charge < -0.3 is 5.21 Å². The third kappa shape index (κ3) is 4.52. The van der Waals surface area contributed by atoms with Gasteiger partial charge in [0, 0.05) is 11.1 Å². The SMILES string of the molecule is CC(C)(C)c1ccc(C(=O)N/N=C(/C=N/O)c2ccccc2)cc1. The van der Waals surface area contributed by atoms with E-state index in [0.29, 0.717) is 11.3 Å². The van der Waals surface area contributed by atoms with Crippen molar-refractivity contribution in [2.24, 2.45) is 10.3 Å². The van der Waals surface area contributed by atoms with E-state index in [1.165, 1.54) is 6.21 Å². The Hall–Kier alpha value is -2.95. The lowest BCUT2D eigenvalue weighted by molar-refractivity contribution is 0.0955. The van der Waals surface area contributed by atoms with E-state index in [-0.39, 0.29) is 11.3 Å². The van der Waals surface area contributed by atoms with Crippen molar-refractivity contribution in [2.45, 2.75) is 26.2 Å². The van der Waals surface area contributed by atoms with E-state index in [9.17, 15) is 4.79 Å². The molecule has 0 bridgehead atoms. The van der Waals surface area contributed by atoms with Crippen molar-refractivity contribution >= 4 is 17.8 Å². The average molecular weight is 323 g/mol. The fourth-order valence-electron chi connectivity index (χ4n) is 2.13. The summed E-state index contributed by atoms with van der Waals surface area (Å²) < 4.78 is 0. The van der Waals surface area contributed by atoms with Gasteiger partial charge in [-0.05, 0) is 23.1 Å². The highest BCUT2D eigenvalue weighted by Crippen LogP contribution is 2.22. The molecule has 0 atom stereocenters. The topological polar surface area (TPSA) is 74.0 Å². The second-order valence-corrected chi connectivity index (χ2v) is 6.38. The van der Waals surface area contributed by atoms with Crippen LogP contribution in [0.5, 0.6) is 0 Å². The number of rotatable bonds is 4. The summed E-state index contributed by atoms with van der Waals surface area (Å²) in [5.41, 5.74) is 5.28. The van der Waals surface area contributed by atoms with Gasteiger partial charge in [0.05, 0.1) is 6.21 Å². The van der Waals surface area contributed by atoms with E-state index in [1.54, 1.807) is 12.1 Å². The summed E-state index contributed by atoms with van der Waals surface area (Å²) in [6.45, 7) is 6.35. The molecular formula is C19H21N3O2. The Morgan fingerprint density at radius 3 is 2.17 bits per heavy atom. The van der Waals surface area contributed by atoms with Gasteiger partial charge >= 0.3 is 0 Å². The zero-order valence-electron chi connectivity index (χ0n) is 14.0. The van der Waals surface area contributed by atoms with E-state index in [1.807, 2.05) is 42.5 Å². The molecule has 2 rings (SSSR count). The number of hydrogen-bond acceptors (Lipinski definition) is 4. The van der Waals surface area contributed by atoms with Crippen molar-refractivity contribution in [1.29, 1.82) is 0 Å². The highest BCUT2D eigenvalue weighted by atomic mass is 16.4. The van der Waals surface area contributed by atoms with Gasteiger partial charge in [0.2, 0.25) is 0 Å². The van der Waals surface area contributed by atoms with Crippen molar-refractivity contribution < 1.29 is 10.0 Å². The Morgan fingerprint density at radius 1 is 1.00 bits per heavy atom. The van der Waals surface area contributed by atoms with Crippen LogP contribution in [0, 0.1) is 0 Å². The number of nitrogens with one attached hydrogen (secondary N) is 1. The molecule has 0 saturated carbocycles. The molecule has 0 heterocycles. The van der Waals surface area contributed by atoms with Crippen molar-refractivity contribution in [3.05, 3.63) is 71.3 Å². The number of amides is 1. The first-order chi connectivity index (χ1) is 11.4. The fourth-order valence-corrected chi connectivity index (χ4v) is 2.13. The molecule has 0 spiro atoms. The van der Waals surface area contributed by atoms with Gasteiger partial charge in [-0.25, -0.2) is 5.43 Å². The first-order valence-electron chi connectivity index (χ1n) is 7.63. The first kappa shape index (κ1) is 17.4. The number of carbonyl (C=O) groups excluding carboxylic acids is 1. The number of hydrazone groups is 1. The lowest BCUT2D eigenvalue weighted by Crippen LogP contribution is -2.21. The number of oxime groups is 1. The van der Waals surface area contributed by atoms with Gasteiger partial charge in [0.25, 0.3) is 5.91 Å². The molecule has 0 fully saturated rings. The van der Waals surface area contributed by atoms with Crippen LogP contribution in [-0.2, 0) is 5.41 Å². The largest absolute Gasteiger partial charge is 0.411 e. The Kier molecular flexibility index (Phi) is 5.47. The highest BCUT2D eigenvalue weighted by Gasteiger charge is 2.14. The van der Waals surface area contributed by atoms with Crippen LogP contribution < -0.4 is 5.43 Å². The van der Waals surface area contributed by atoms with E-state index in [0.717, 1.165) is 11.1 Å². The molecule has 0 aliphatic carbocycles. The maximum absolute atomic E-state index is 12.2. The Bertz CT molecular complexity index is 742. The maximum Gasteiger partial charge on any atom is 0.271 e. The van der Waals surface area contributed by atoms with Crippen LogP contribution in [0.1, 0.15) is 42.3 Å². The predicted octanol–water partition coefficient (Wildman–Crippen LogP) is 3.58. The molecule has 0 aromatic heterocycles. The van der Waals surface area contributed by atoms with Gasteiger partial charge in [-0.3, -0.25) is 4.79 Å². The minimum Gasteiger partial charge on any atom is -0.411 e. The Labute approximate surface area is 141 Å². The summed E-state index contributed by atoms with van der Waals surface area (Å²) in [7, 11) is 0. The van der Waals surface area contributed by atoms with Crippen LogP contribution in [-0.4, -0.2) is 23.0 Å². The average Bonchev–Trinajstić information content (AvgIpc) is 2.58. The van der Waals surface area contributed by atoms with Crippen LogP contribution in [0.4, 0.5) is 0 Å². The summed E-state index contributed by atoms with van der Waals surface area (Å²) in [4.78, 5) is 12.2. The monoisotopic (exact) mass is 323 g/mol. The smallest absolute Gasteiger partial charge is 0.271 e. The van der Waals surface area contributed by atoms with Crippen LogP contribution >= 0.6 is 0 Å². The molecule has 124 valence electrons. The number of benzene rings is 2. The van der Waals surface area contributed by atoms with Crippen LogP contribution in [0.3, 0.4) is 0 Å². The molecule has 5 heteroatoms. The van der Waals surface area contributed by atoms with Gasteiger partial charge in [0.1, 0.15) is 5.71 Å². The minimum absolute atomic E-state index is 0.0330. The molecule has 0 unspecified atom stereocenters. The van der Waals surface area contributed by atoms with E-state index in [4.69, 9.17) is 5.21 Å². The Balaban J connectivity index is 2.16. The lowest BCUT2D eigenvalue weighted by Gasteiger charge is -2.18. The number of hydrogen-bond donors (Lipinski definition) is 2.